The molecule has 9 N–H and O–H groups in total. The van der Waals surface area contributed by atoms with Crippen molar-refractivity contribution in [2.45, 2.75) is 178 Å². The van der Waals surface area contributed by atoms with Crippen LogP contribution in [-0.4, -0.2) is 126 Å². The van der Waals surface area contributed by atoms with Crippen molar-refractivity contribution in [3.05, 3.63) is 70.3 Å². The number of guanidine groups is 1. The van der Waals surface area contributed by atoms with Gasteiger partial charge < -0.3 is 47.1 Å². The summed E-state index contributed by atoms with van der Waals surface area (Å²) in [6, 6.07) is 2.43. The molecule has 3 aliphatic heterocycles. The van der Waals surface area contributed by atoms with E-state index in [2.05, 4.69) is 32.2 Å². The van der Waals surface area contributed by atoms with Gasteiger partial charge in [-0.15, -0.1) is 6.58 Å². The second kappa shape index (κ2) is 22.6. The number of carboxylic acid groups (broad SMARTS) is 1. The first kappa shape index (κ1) is 54.3. The van der Waals surface area contributed by atoms with E-state index in [9.17, 15) is 42.3 Å². The number of amides is 5. The number of allylic oxidation sites excluding steroid dienone is 1. The molecule has 19 nitrogen and oxygen atoms in total. The number of carboxylic acids is 1. The number of carbonyl (C=O) groups is 6. The maximum absolute atomic E-state index is 14.4. The Morgan fingerprint density at radius 3 is 2.21 bits per heavy atom. The Morgan fingerprint density at radius 1 is 0.915 bits per heavy atom. The van der Waals surface area contributed by atoms with Crippen molar-refractivity contribution in [2.24, 2.45) is 16.5 Å². The first-order chi connectivity index (χ1) is 33.5. The number of aryl methyl sites for hydroxylation is 1. The van der Waals surface area contributed by atoms with Gasteiger partial charge in [-0.05, 0) is 141 Å². The summed E-state index contributed by atoms with van der Waals surface area (Å²) in [6.45, 7) is 15.1. The molecule has 0 spiro atoms. The van der Waals surface area contributed by atoms with Crippen molar-refractivity contribution in [2.75, 3.05) is 19.6 Å². The highest BCUT2D eigenvalue weighted by molar-refractivity contribution is 7.90. The summed E-state index contributed by atoms with van der Waals surface area (Å²) in [5.74, 6) is -3.59. The molecule has 2 aromatic carbocycles. The number of likely N-dealkylation sites (tertiary alicyclic amines) is 2. The van der Waals surface area contributed by atoms with Gasteiger partial charge >= 0.3 is 5.97 Å². The van der Waals surface area contributed by atoms with Crippen LogP contribution in [0.4, 0.5) is 0 Å². The number of hydrogen-bond donors (Lipinski definition) is 7. The average Bonchev–Trinajstić information content (AvgIpc) is 4.06. The first-order valence-corrected chi connectivity index (χ1v) is 26.3. The van der Waals surface area contributed by atoms with Crippen LogP contribution in [0.15, 0.2) is 46.8 Å². The van der Waals surface area contributed by atoms with E-state index >= 15 is 0 Å². The molecule has 2 aromatic rings. The highest BCUT2D eigenvalue weighted by atomic mass is 32.2. The van der Waals surface area contributed by atoms with E-state index in [0.717, 1.165) is 16.7 Å². The minimum absolute atomic E-state index is 0.0180. The van der Waals surface area contributed by atoms with Crippen LogP contribution in [0.5, 0.6) is 5.75 Å². The van der Waals surface area contributed by atoms with E-state index in [1.54, 1.807) is 19.9 Å². The number of hydrogen-bond acceptors (Lipinski definition) is 11. The molecule has 5 atom stereocenters. The molecule has 5 amide bonds. The Morgan fingerprint density at radius 2 is 1.58 bits per heavy atom. The predicted molar refractivity (Wildman–Crippen MR) is 268 cm³/mol. The molecule has 1 saturated carbocycles. The SMILES string of the molecule is C=CCCC[C@H](N)C(=O)N[C@@H](Cc1cccc(C)c1)C(=O)N1CCC[C@H]1C(=O)NC1(C(=O)N[C@@H](CCCN=C(N)NS(=O)(=O)c2c(C)c(C)c3c(c2C)CC(C)(C)O3)C(=O)N2CCC[C@H]2C(=O)O)CCC1. The van der Waals surface area contributed by atoms with Crippen LogP contribution in [0.2, 0.25) is 0 Å². The van der Waals surface area contributed by atoms with Gasteiger partial charge in [-0.1, -0.05) is 35.9 Å². The van der Waals surface area contributed by atoms with E-state index in [4.69, 9.17) is 16.2 Å². The molecule has 2 saturated heterocycles. The van der Waals surface area contributed by atoms with Crippen LogP contribution in [-0.2, 0) is 51.6 Å². The van der Waals surface area contributed by atoms with E-state index in [1.807, 2.05) is 52.0 Å². The number of nitrogens with two attached hydrogens (primary N) is 2. The van der Waals surface area contributed by atoms with Crippen LogP contribution in [0.25, 0.3) is 0 Å². The van der Waals surface area contributed by atoms with Crippen molar-refractivity contribution in [1.82, 2.24) is 30.5 Å². The summed E-state index contributed by atoms with van der Waals surface area (Å²) in [4.78, 5) is 89.9. The number of rotatable bonds is 21. The Kier molecular flexibility index (Phi) is 17.3. The minimum atomic E-state index is -4.19. The lowest BCUT2D eigenvalue weighted by Crippen LogP contribution is -2.67. The summed E-state index contributed by atoms with van der Waals surface area (Å²) in [5.41, 5.74) is 14.9. The molecular weight excluding hydrogens is 931 g/mol. The molecule has 1 aliphatic carbocycles. The average molecular weight is 1000 g/mol. The number of ether oxygens (including phenoxy) is 1. The second-order valence-electron chi connectivity index (χ2n) is 20.3. The Hall–Kier alpha value is -6.02. The zero-order chi connectivity index (χ0) is 52.0. The highest BCUT2D eigenvalue weighted by Gasteiger charge is 2.50. The largest absolute Gasteiger partial charge is 0.487 e. The minimum Gasteiger partial charge on any atom is -0.487 e. The van der Waals surface area contributed by atoms with Gasteiger partial charge in [0.25, 0.3) is 10.0 Å². The van der Waals surface area contributed by atoms with Gasteiger partial charge in [-0.3, -0.25) is 29.0 Å². The van der Waals surface area contributed by atoms with Crippen LogP contribution in [0, 0.1) is 27.7 Å². The van der Waals surface area contributed by atoms with E-state index in [0.29, 0.717) is 73.8 Å². The van der Waals surface area contributed by atoms with Crippen molar-refractivity contribution in [1.29, 1.82) is 0 Å². The van der Waals surface area contributed by atoms with Crippen LogP contribution < -0.4 is 36.9 Å². The van der Waals surface area contributed by atoms with E-state index in [1.165, 1.54) is 9.80 Å². The van der Waals surface area contributed by atoms with E-state index < -0.39 is 86.9 Å². The molecule has 3 fully saturated rings. The lowest BCUT2D eigenvalue weighted by atomic mass is 9.75. The molecule has 0 bridgehead atoms. The third-order valence-electron chi connectivity index (χ3n) is 14.4. The third kappa shape index (κ3) is 12.5. The molecule has 20 heteroatoms. The van der Waals surface area contributed by atoms with Gasteiger partial charge in [0.15, 0.2) is 0 Å². The number of benzene rings is 2. The lowest BCUT2D eigenvalue weighted by Gasteiger charge is -2.43. The molecule has 0 unspecified atom stereocenters. The van der Waals surface area contributed by atoms with Crippen molar-refractivity contribution in [3.63, 3.8) is 0 Å². The van der Waals surface area contributed by atoms with Crippen LogP contribution >= 0.6 is 0 Å². The fraction of sp³-hybridized carbons (Fsp3) is 0.588. The van der Waals surface area contributed by atoms with Gasteiger partial charge in [-0.2, -0.15) is 0 Å². The summed E-state index contributed by atoms with van der Waals surface area (Å²) in [7, 11) is -4.19. The van der Waals surface area contributed by atoms with Crippen LogP contribution in [0.1, 0.15) is 124 Å². The number of carbonyl (C=O) groups excluding carboxylic acids is 5. The third-order valence-corrected chi connectivity index (χ3v) is 16.0. The molecule has 388 valence electrons. The number of nitrogens with one attached hydrogen (secondary N) is 4. The summed E-state index contributed by atoms with van der Waals surface area (Å²) < 4.78 is 36.1. The fourth-order valence-electron chi connectivity index (χ4n) is 10.3. The molecule has 6 rings (SSSR count). The maximum atomic E-state index is 14.4. The summed E-state index contributed by atoms with van der Waals surface area (Å²) in [6.07, 6.45) is 6.86. The van der Waals surface area contributed by atoms with Crippen molar-refractivity contribution < 1.29 is 47.0 Å². The predicted octanol–water partition coefficient (Wildman–Crippen LogP) is 3.01. The smallest absolute Gasteiger partial charge is 0.326 e. The molecule has 3 heterocycles. The van der Waals surface area contributed by atoms with Gasteiger partial charge in [0.1, 0.15) is 41.1 Å². The van der Waals surface area contributed by atoms with Crippen molar-refractivity contribution in [3.8, 4) is 5.75 Å². The molecular formula is C51H73N9O10S. The van der Waals surface area contributed by atoms with Crippen molar-refractivity contribution >= 4 is 51.5 Å². The number of unbranched alkanes of at least 4 members (excludes halogenated alkanes) is 1. The van der Waals surface area contributed by atoms with E-state index in [-0.39, 0.29) is 69.0 Å². The number of fused-ring (bicyclic) bond motifs is 1. The fourth-order valence-corrected chi connectivity index (χ4v) is 11.9. The molecule has 0 aromatic heterocycles. The van der Waals surface area contributed by atoms with Crippen LogP contribution in [0.3, 0.4) is 0 Å². The number of nitrogens with zero attached hydrogens (tertiary/aromatic N) is 3. The highest BCUT2D eigenvalue weighted by Crippen LogP contribution is 2.44. The number of aliphatic carboxylic acids is 1. The van der Waals surface area contributed by atoms with Gasteiger partial charge in [0, 0.05) is 38.0 Å². The maximum Gasteiger partial charge on any atom is 0.326 e. The molecule has 71 heavy (non-hydrogen) atoms. The molecule has 4 aliphatic rings. The number of sulfonamides is 1. The number of aliphatic imine (C=N–C) groups is 1. The Labute approximate surface area is 417 Å². The van der Waals surface area contributed by atoms with Gasteiger partial charge in [-0.25, -0.2) is 17.9 Å². The molecule has 0 radical (unpaired) electrons. The standard InChI is InChI=1S/C51H73N9O10S/c1-8-9-10-18-36(52)43(61)55-38(28-34-17-11-16-30(2)27-34)46(64)59-25-13-20-39(59)44(62)57-51(22-15-23-51)48(67)56-37(45(63)60-26-14-21-40(60)47(65)66)19-12-24-54-49(53)58-71(68,69)42-32(4)31(3)41-35(33(42)5)29-50(6,7)70-41/h8,11,16-17,27,36-40H,1,9-10,12-15,18-26,28-29,52H2,2-7H3,(H,55,61)(H,56,67)(H,57,62)(H,65,66)(H3,53,54,58)/t36-,37-,38-,39-,40-/m0/s1. The topological polar surface area (TPSA) is 285 Å². The second-order valence-corrected chi connectivity index (χ2v) is 21.9. The van der Waals surface area contributed by atoms with Gasteiger partial charge in [0.05, 0.1) is 10.9 Å². The van der Waals surface area contributed by atoms with Gasteiger partial charge in [0.2, 0.25) is 35.5 Å². The lowest BCUT2D eigenvalue weighted by molar-refractivity contribution is -0.150. The summed E-state index contributed by atoms with van der Waals surface area (Å²) >= 11 is 0. The monoisotopic (exact) mass is 1000 g/mol. The Bertz CT molecular complexity index is 2540. The normalized spacial score (nSPS) is 20.4. The quantitative estimate of drug-likeness (QED) is 0.0412. The zero-order valence-corrected chi connectivity index (χ0v) is 42.8. The zero-order valence-electron chi connectivity index (χ0n) is 42.0. The Balaban J connectivity index is 1.15. The summed E-state index contributed by atoms with van der Waals surface area (Å²) in [5, 5.41) is 18.6. The first-order valence-electron chi connectivity index (χ1n) is 24.8.